The van der Waals surface area contributed by atoms with Crippen LogP contribution in [0.4, 0.5) is 5.69 Å². The highest BCUT2D eigenvalue weighted by molar-refractivity contribution is 5.53. The van der Waals surface area contributed by atoms with E-state index >= 15 is 0 Å². The molecular weight excluding hydrogens is 220 g/mol. The average Bonchev–Trinajstić information content (AvgIpc) is 2.36. The van der Waals surface area contributed by atoms with Crippen molar-refractivity contribution in [3.63, 3.8) is 0 Å². The van der Waals surface area contributed by atoms with Gasteiger partial charge >= 0.3 is 0 Å². The lowest BCUT2D eigenvalue weighted by molar-refractivity contribution is 0.168. The molecule has 18 heavy (non-hydrogen) atoms. The van der Waals surface area contributed by atoms with Gasteiger partial charge in [-0.1, -0.05) is 32.0 Å². The summed E-state index contributed by atoms with van der Waals surface area (Å²) < 4.78 is 0. The Labute approximate surface area is 111 Å². The van der Waals surface area contributed by atoms with E-state index in [4.69, 9.17) is 0 Å². The van der Waals surface area contributed by atoms with Gasteiger partial charge in [-0.15, -0.1) is 0 Å². The highest BCUT2D eigenvalue weighted by atomic mass is 15.2. The minimum atomic E-state index is 0.619. The fourth-order valence-electron chi connectivity index (χ4n) is 2.92. The summed E-state index contributed by atoms with van der Waals surface area (Å²) in [5, 5.41) is 3.56. The number of fused-ring (bicyclic) bond motifs is 1. The summed E-state index contributed by atoms with van der Waals surface area (Å²) in [4.78, 5) is 2.54. The predicted molar refractivity (Wildman–Crippen MR) is 79.1 cm³/mol. The first-order valence-corrected chi connectivity index (χ1v) is 7.11. The van der Waals surface area contributed by atoms with Crippen molar-refractivity contribution in [2.75, 3.05) is 18.9 Å². The number of nitrogens with zero attached hydrogens (tertiary/aromatic N) is 1. The maximum Gasteiger partial charge on any atom is 0.0373 e. The second-order valence-corrected chi connectivity index (χ2v) is 6.04. The minimum Gasteiger partial charge on any atom is -0.383 e. The van der Waals surface area contributed by atoms with Gasteiger partial charge in [-0.05, 0) is 44.4 Å². The Bertz CT molecular complexity index is 386. The third-order valence-electron chi connectivity index (χ3n) is 4.08. The molecule has 1 aliphatic heterocycles. The van der Waals surface area contributed by atoms with E-state index in [1.807, 2.05) is 0 Å². The summed E-state index contributed by atoms with van der Waals surface area (Å²) in [6, 6.07) is 9.95. The Hall–Kier alpha value is -1.02. The fourth-order valence-corrected chi connectivity index (χ4v) is 2.92. The smallest absolute Gasteiger partial charge is 0.0373 e. The zero-order valence-corrected chi connectivity index (χ0v) is 12.1. The van der Waals surface area contributed by atoms with Crippen LogP contribution in [-0.2, 0) is 6.42 Å². The maximum absolute atomic E-state index is 3.56. The van der Waals surface area contributed by atoms with Crippen molar-refractivity contribution in [2.24, 2.45) is 5.92 Å². The zero-order chi connectivity index (χ0) is 13.1. The molecule has 0 amide bonds. The number of nitrogens with one attached hydrogen (secondary N) is 1. The van der Waals surface area contributed by atoms with Crippen LogP contribution in [0.5, 0.6) is 0 Å². The van der Waals surface area contributed by atoms with Crippen molar-refractivity contribution in [2.45, 2.75) is 45.7 Å². The molecule has 0 fully saturated rings. The van der Waals surface area contributed by atoms with Crippen LogP contribution in [0.15, 0.2) is 24.3 Å². The number of hydrogen-bond acceptors (Lipinski definition) is 2. The molecule has 2 unspecified atom stereocenters. The van der Waals surface area contributed by atoms with Crippen molar-refractivity contribution in [1.29, 1.82) is 0 Å². The Morgan fingerprint density at radius 3 is 2.72 bits per heavy atom. The summed E-state index contributed by atoms with van der Waals surface area (Å²) in [5.74, 6) is 0.770. The molecule has 0 saturated carbocycles. The summed E-state index contributed by atoms with van der Waals surface area (Å²) >= 11 is 0. The van der Waals surface area contributed by atoms with E-state index in [2.05, 4.69) is 62.3 Å². The molecule has 1 aromatic rings. The number of rotatable bonds is 4. The average molecular weight is 246 g/mol. The predicted octanol–water partition coefficient (Wildman–Crippen LogP) is 3.39. The van der Waals surface area contributed by atoms with Gasteiger partial charge in [0.2, 0.25) is 0 Å². The molecule has 2 atom stereocenters. The molecule has 0 aliphatic carbocycles. The van der Waals surface area contributed by atoms with Crippen molar-refractivity contribution in [3.05, 3.63) is 29.8 Å². The topological polar surface area (TPSA) is 15.3 Å². The van der Waals surface area contributed by atoms with Gasteiger partial charge in [-0.2, -0.15) is 0 Å². The van der Waals surface area contributed by atoms with Crippen LogP contribution in [0, 0.1) is 5.92 Å². The molecule has 0 aromatic heterocycles. The normalized spacial score (nSPS) is 20.7. The van der Waals surface area contributed by atoms with Gasteiger partial charge < -0.3 is 5.32 Å². The van der Waals surface area contributed by atoms with Gasteiger partial charge in [0.15, 0.2) is 0 Å². The van der Waals surface area contributed by atoms with E-state index in [0.717, 1.165) is 12.5 Å². The van der Waals surface area contributed by atoms with Gasteiger partial charge in [-0.25, -0.2) is 0 Å². The molecule has 0 spiro atoms. The molecule has 1 heterocycles. The standard InChI is InChI=1S/C16H26N2/c1-12(2)9-13(3)18(4)15-10-14-7-5-6-8-16(14)17-11-15/h5-8,12-13,15,17H,9-11H2,1-4H3. The lowest BCUT2D eigenvalue weighted by atomic mass is 9.96. The van der Waals surface area contributed by atoms with Crippen molar-refractivity contribution in [1.82, 2.24) is 4.90 Å². The van der Waals surface area contributed by atoms with Crippen LogP contribution in [0.1, 0.15) is 32.8 Å². The quantitative estimate of drug-likeness (QED) is 0.876. The van der Waals surface area contributed by atoms with Gasteiger partial charge in [0.1, 0.15) is 0 Å². The fraction of sp³-hybridized carbons (Fsp3) is 0.625. The third-order valence-corrected chi connectivity index (χ3v) is 4.08. The first-order valence-electron chi connectivity index (χ1n) is 7.11. The SMILES string of the molecule is CC(C)CC(C)N(C)C1CNc2ccccc2C1. The lowest BCUT2D eigenvalue weighted by Crippen LogP contribution is -2.46. The molecule has 0 saturated heterocycles. The van der Waals surface area contributed by atoms with Crippen molar-refractivity contribution < 1.29 is 0 Å². The second-order valence-electron chi connectivity index (χ2n) is 6.04. The molecule has 1 N–H and O–H groups in total. The van der Waals surface area contributed by atoms with Gasteiger partial charge in [0.05, 0.1) is 0 Å². The number of likely N-dealkylation sites (N-methyl/N-ethyl adjacent to an activating group) is 1. The summed E-state index contributed by atoms with van der Waals surface area (Å²) in [6.07, 6.45) is 2.44. The second kappa shape index (κ2) is 5.75. The van der Waals surface area contributed by atoms with E-state index in [9.17, 15) is 0 Å². The summed E-state index contributed by atoms with van der Waals surface area (Å²) in [5.41, 5.74) is 2.77. The zero-order valence-electron chi connectivity index (χ0n) is 12.1. The first kappa shape index (κ1) is 13.4. The Morgan fingerprint density at radius 2 is 2.00 bits per heavy atom. The van der Waals surface area contributed by atoms with Crippen LogP contribution in [0.25, 0.3) is 0 Å². The van der Waals surface area contributed by atoms with Gasteiger partial charge in [-0.3, -0.25) is 4.90 Å². The third kappa shape index (κ3) is 3.05. The highest BCUT2D eigenvalue weighted by Gasteiger charge is 2.24. The van der Waals surface area contributed by atoms with Crippen LogP contribution in [0.3, 0.4) is 0 Å². The maximum atomic E-state index is 3.56. The number of benzene rings is 1. The Kier molecular flexibility index (Phi) is 4.28. The Morgan fingerprint density at radius 1 is 1.28 bits per heavy atom. The Balaban J connectivity index is 2.00. The van der Waals surface area contributed by atoms with E-state index in [0.29, 0.717) is 12.1 Å². The van der Waals surface area contributed by atoms with Crippen molar-refractivity contribution >= 4 is 5.69 Å². The first-order chi connectivity index (χ1) is 8.58. The van der Waals surface area contributed by atoms with Crippen molar-refractivity contribution in [3.8, 4) is 0 Å². The van der Waals surface area contributed by atoms with Crippen LogP contribution >= 0.6 is 0 Å². The monoisotopic (exact) mass is 246 g/mol. The van der Waals surface area contributed by atoms with Crippen LogP contribution in [-0.4, -0.2) is 30.6 Å². The number of para-hydroxylation sites is 1. The molecule has 100 valence electrons. The van der Waals surface area contributed by atoms with Crippen LogP contribution < -0.4 is 5.32 Å². The summed E-state index contributed by atoms with van der Waals surface area (Å²) in [7, 11) is 2.27. The summed E-state index contributed by atoms with van der Waals surface area (Å²) in [6.45, 7) is 8.02. The van der Waals surface area contributed by atoms with E-state index < -0.39 is 0 Å². The minimum absolute atomic E-state index is 0.619. The molecule has 2 heteroatoms. The van der Waals surface area contributed by atoms with E-state index in [1.165, 1.54) is 24.1 Å². The lowest BCUT2D eigenvalue weighted by Gasteiger charge is -2.37. The van der Waals surface area contributed by atoms with Gasteiger partial charge in [0.25, 0.3) is 0 Å². The largest absolute Gasteiger partial charge is 0.383 e. The molecule has 0 bridgehead atoms. The number of hydrogen-bond donors (Lipinski definition) is 1. The molecule has 1 aromatic carbocycles. The van der Waals surface area contributed by atoms with E-state index in [-0.39, 0.29) is 0 Å². The van der Waals surface area contributed by atoms with Crippen LogP contribution in [0.2, 0.25) is 0 Å². The van der Waals surface area contributed by atoms with E-state index in [1.54, 1.807) is 0 Å². The highest BCUT2D eigenvalue weighted by Crippen LogP contribution is 2.24. The molecular formula is C16H26N2. The molecule has 1 aliphatic rings. The molecule has 2 nitrogen and oxygen atoms in total. The molecule has 0 radical (unpaired) electrons. The van der Waals surface area contributed by atoms with Gasteiger partial charge in [0, 0.05) is 24.3 Å². The number of anilines is 1. The molecule has 2 rings (SSSR count).